The van der Waals surface area contributed by atoms with Gasteiger partial charge >= 0.3 is 11.9 Å². The minimum Gasteiger partial charge on any atom is -0.438 e. The largest absolute Gasteiger partial charge is 0.438 e. The van der Waals surface area contributed by atoms with E-state index >= 15 is 0 Å². The van der Waals surface area contributed by atoms with E-state index in [4.69, 9.17) is 0 Å². The summed E-state index contributed by atoms with van der Waals surface area (Å²) in [4.78, 5) is 11.5. The van der Waals surface area contributed by atoms with Crippen molar-refractivity contribution < 1.29 is 36.2 Å². The van der Waals surface area contributed by atoms with Crippen LogP contribution in [0.25, 0.3) is 0 Å². The van der Waals surface area contributed by atoms with Crippen molar-refractivity contribution in [2.24, 2.45) is 11.8 Å². The molecular formula is C12H17F5O3. The van der Waals surface area contributed by atoms with E-state index < -0.39 is 55.0 Å². The monoisotopic (exact) mass is 304 g/mol. The van der Waals surface area contributed by atoms with E-state index in [1.165, 1.54) is 6.92 Å². The molecule has 0 N–H and O–H groups in total. The Bertz CT molecular complexity index is 369. The molecule has 0 saturated heterocycles. The number of rotatable bonds is 4. The highest BCUT2D eigenvalue weighted by molar-refractivity contribution is 5.74. The van der Waals surface area contributed by atoms with Crippen molar-refractivity contribution in [1.82, 2.24) is 0 Å². The maximum Gasteiger partial charge on any atom is 0.317 e. The molecule has 118 valence electrons. The van der Waals surface area contributed by atoms with Gasteiger partial charge in [0.2, 0.25) is 5.67 Å². The molecule has 1 fully saturated rings. The van der Waals surface area contributed by atoms with Gasteiger partial charge in [0.05, 0.1) is 0 Å². The first kappa shape index (κ1) is 17.1. The predicted molar refractivity (Wildman–Crippen MR) is 59.3 cm³/mol. The second-order valence-corrected chi connectivity index (χ2v) is 5.28. The molecule has 8 heteroatoms. The van der Waals surface area contributed by atoms with E-state index in [0.29, 0.717) is 0 Å². The maximum absolute atomic E-state index is 14.3. The third-order valence-corrected chi connectivity index (χ3v) is 3.53. The lowest BCUT2D eigenvalue weighted by atomic mass is 9.68. The molecule has 0 bridgehead atoms. The van der Waals surface area contributed by atoms with Crippen LogP contribution < -0.4 is 0 Å². The summed E-state index contributed by atoms with van der Waals surface area (Å²) in [5, 5.41) is 0. The highest BCUT2D eigenvalue weighted by atomic mass is 19.3. The summed E-state index contributed by atoms with van der Waals surface area (Å²) in [5.74, 6) is -13.3. The zero-order valence-corrected chi connectivity index (χ0v) is 11.4. The molecule has 1 aliphatic carbocycles. The first-order chi connectivity index (χ1) is 8.97. The molecule has 1 aliphatic rings. The zero-order chi connectivity index (χ0) is 15.8. The summed E-state index contributed by atoms with van der Waals surface area (Å²) in [6.07, 6.45) is -1.44. The van der Waals surface area contributed by atoms with Gasteiger partial charge in [-0.1, -0.05) is 6.92 Å². The predicted octanol–water partition coefficient (Wildman–Crippen LogP) is 3.18. The molecule has 0 aromatic carbocycles. The lowest BCUT2D eigenvalue weighted by molar-refractivity contribution is -0.283. The van der Waals surface area contributed by atoms with Crippen molar-refractivity contribution >= 4 is 5.97 Å². The Balaban J connectivity index is 3.11. The second-order valence-electron chi connectivity index (χ2n) is 5.28. The minimum absolute atomic E-state index is 0.0937. The smallest absolute Gasteiger partial charge is 0.317 e. The van der Waals surface area contributed by atoms with Gasteiger partial charge in [-0.2, -0.15) is 0 Å². The van der Waals surface area contributed by atoms with E-state index in [1.54, 1.807) is 0 Å². The van der Waals surface area contributed by atoms with Gasteiger partial charge in [0.1, 0.15) is 5.92 Å². The van der Waals surface area contributed by atoms with Crippen LogP contribution in [0.3, 0.4) is 0 Å². The molecule has 0 heterocycles. The molecule has 20 heavy (non-hydrogen) atoms. The summed E-state index contributed by atoms with van der Waals surface area (Å²) >= 11 is 0. The fraction of sp³-hybridized carbons (Fsp3) is 0.917. The number of carbonyl (C=O) groups is 1. The van der Waals surface area contributed by atoms with Crippen molar-refractivity contribution in [2.45, 2.75) is 44.2 Å². The standard InChI is InChI=1S/C12H17F5O3/c1-7-4-8(9(18)20-6-19-3)12(16,17)11(15,5-7)10(2,13)14/h7-8H,4-6H2,1-3H3. The SMILES string of the molecule is COCOC(=O)C1CC(C)CC(F)(C(C)(F)F)C1(F)F. The maximum atomic E-state index is 14.3. The summed E-state index contributed by atoms with van der Waals surface area (Å²) in [7, 11) is 1.16. The summed E-state index contributed by atoms with van der Waals surface area (Å²) in [5.41, 5.74) is -4.07. The van der Waals surface area contributed by atoms with E-state index in [-0.39, 0.29) is 6.92 Å². The highest BCUT2D eigenvalue weighted by Gasteiger charge is 2.73. The highest BCUT2D eigenvalue weighted by Crippen LogP contribution is 2.56. The van der Waals surface area contributed by atoms with Gasteiger partial charge in [-0.15, -0.1) is 0 Å². The van der Waals surface area contributed by atoms with Gasteiger partial charge in [-0.3, -0.25) is 4.79 Å². The Kier molecular flexibility index (Phi) is 4.68. The van der Waals surface area contributed by atoms with Crippen LogP contribution in [-0.2, 0) is 14.3 Å². The average Bonchev–Trinajstić information content (AvgIpc) is 2.29. The van der Waals surface area contributed by atoms with Gasteiger partial charge in [0.15, 0.2) is 6.79 Å². The molecule has 0 aliphatic heterocycles. The third-order valence-electron chi connectivity index (χ3n) is 3.53. The van der Waals surface area contributed by atoms with Crippen molar-refractivity contribution in [2.75, 3.05) is 13.9 Å². The van der Waals surface area contributed by atoms with Crippen LogP contribution in [-0.4, -0.2) is 37.4 Å². The second kappa shape index (κ2) is 5.46. The van der Waals surface area contributed by atoms with Gasteiger partial charge in [0.25, 0.3) is 5.92 Å². The Morgan fingerprint density at radius 3 is 2.35 bits per heavy atom. The lowest BCUT2D eigenvalue weighted by Crippen LogP contribution is -2.64. The quantitative estimate of drug-likeness (QED) is 0.454. The molecule has 3 unspecified atom stereocenters. The summed E-state index contributed by atoms with van der Waals surface area (Å²) in [6.45, 7) is 0.837. The third kappa shape index (κ3) is 2.75. The van der Waals surface area contributed by atoms with Crippen molar-refractivity contribution in [3.8, 4) is 0 Å². The molecule has 0 aromatic heterocycles. The van der Waals surface area contributed by atoms with Crippen LogP contribution in [0.15, 0.2) is 0 Å². The van der Waals surface area contributed by atoms with Crippen LogP contribution >= 0.6 is 0 Å². The number of esters is 1. The molecular weight excluding hydrogens is 287 g/mol. The molecule has 0 aromatic rings. The summed E-state index contributed by atoms with van der Waals surface area (Å²) in [6, 6.07) is 0. The fourth-order valence-electron chi connectivity index (χ4n) is 2.46. The van der Waals surface area contributed by atoms with Gasteiger partial charge in [0, 0.05) is 14.0 Å². The van der Waals surface area contributed by atoms with Crippen LogP contribution in [0.4, 0.5) is 22.0 Å². The number of alkyl halides is 5. The summed E-state index contributed by atoms with van der Waals surface area (Å²) < 4.78 is 77.8. The fourth-order valence-corrected chi connectivity index (χ4v) is 2.46. The Hall–Kier alpha value is -0.920. The van der Waals surface area contributed by atoms with Crippen LogP contribution in [0, 0.1) is 11.8 Å². The van der Waals surface area contributed by atoms with Gasteiger partial charge < -0.3 is 9.47 Å². The lowest BCUT2D eigenvalue weighted by Gasteiger charge is -2.46. The first-order valence-electron chi connectivity index (χ1n) is 6.07. The number of hydrogen-bond donors (Lipinski definition) is 0. The Morgan fingerprint density at radius 2 is 1.90 bits per heavy atom. The van der Waals surface area contributed by atoms with Crippen LogP contribution in [0.5, 0.6) is 0 Å². The van der Waals surface area contributed by atoms with Crippen LogP contribution in [0.1, 0.15) is 26.7 Å². The van der Waals surface area contributed by atoms with E-state index in [2.05, 4.69) is 9.47 Å². The average molecular weight is 304 g/mol. The number of ether oxygens (including phenoxy) is 2. The number of halogens is 5. The molecule has 0 spiro atoms. The molecule has 0 amide bonds. The molecule has 0 radical (unpaired) electrons. The minimum atomic E-state index is -4.51. The normalized spacial score (nSPS) is 33.8. The molecule has 1 saturated carbocycles. The van der Waals surface area contributed by atoms with Crippen molar-refractivity contribution in [1.29, 1.82) is 0 Å². The Morgan fingerprint density at radius 1 is 1.35 bits per heavy atom. The number of methoxy groups -OCH3 is 1. The van der Waals surface area contributed by atoms with E-state index in [1.807, 2.05) is 0 Å². The van der Waals surface area contributed by atoms with Crippen molar-refractivity contribution in [3.05, 3.63) is 0 Å². The first-order valence-corrected chi connectivity index (χ1v) is 6.07. The Labute approximate surface area is 113 Å². The van der Waals surface area contributed by atoms with E-state index in [9.17, 15) is 26.7 Å². The number of hydrogen-bond acceptors (Lipinski definition) is 3. The van der Waals surface area contributed by atoms with Crippen molar-refractivity contribution in [3.63, 3.8) is 0 Å². The molecule has 1 rings (SSSR count). The van der Waals surface area contributed by atoms with Gasteiger partial charge in [-0.05, 0) is 18.8 Å². The van der Waals surface area contributed by atoms with Crippen LogP contribution in [0.2, 0.25) is 0 Å². The number of carbonyl (C=O) groups excluding carboxylic acids is 1. The topological polar surface area (TPSA) is 35.5 Å². The molecule has 3 atom stereocenters. The van der Waals surface area contributed by atoms with Gasteiger partial charge in [-0.25, -0.2) is 22.0 Å². The molecule has 3 nitrogen and oxygen atoms in total. The van der Waals surface area contributed by atoms with E-state index in [0.717, 1.165) is 7.11 Å². The zero-order valence-electron chi connectivity index (χ0n) is 11.4.